The molecule has 0 radical (unpaired) electrons. The van der Waals surface area contributed by atoms with Crippen molar-refractivity contribution < 1.29 is 4.39 Å². The van der Waals surface area contributed by atoms with E-state index in [0.29, 0.717) is 16.5 Å². The van der Waals surface area contributed by atoms with Gasteiger partial charge in [0.1, 0.15) is 11.6 Å². The minimum Gasteiger partial charge on any atom is -0.362 e. The van der Waals surface area contributed by atoms with Crippen LogP contribution < -0.4 is 15.8 Å². The first-order valence-electron chi connectivity index (χ1n) is 8.80. The number of hydrogen-bond acceptors (Lipinski definition) is 5. The summed E-state index contributed by atoms with van der Waals surface area (Å²) in [5.74, 6) is 0.0250. The number of rotatable bonds is 4. The molecule has 0 fully saturated rings. The second-order valence-electron chi connectivity index (χ2n) is 6.67. The molecular weight excluding hydrogens is 393 g/mol. The van der Waals surface area contributed by atoms with Crippen LogP contribution in [0.2, 0.25) is 5.02 Å². The van der Waals surface area contributed by atoms with E-state index in [2.05, 4.69) is 20.3 Å². The Morgan fingerprint density at radius 3 is 2.69 bits per heavy atom. The molecule has 0 amide bonds. The zero-order valence-electron chi connectivity index (χ0n) is 15.7. The van der Waals surface area contributed by atoms with Gasteiger partial charge in [0.25, 0.3) is 5.56 Å². The summed E-state index contributed by atoms with van der Waals surface area (Å²) in [5, 5.41) is 4.49. The Bertz CT molecular complexity index is 1270. The van der Waals surface area contributed by atoms with Crippen molar-refractivity contribution in [3.05, 3.63) is 76.2 Å². The molecule has 3 aromatic heterocycles. The fourth-order valence-electron chi connectivity index (χ4n) is 3.12. The summed E-state index contributed by atoms with van der Waals surface area (Å²) in [7, 11) is 3.62. The van der Waals surface area contributed by atoms with Crippen LogP contribution in [0.4, 0.5) is 21.6 Å². The number of aromatic nitrogens is 3. The van der Waals surface area contributed by atoms with Crippen molar-refractivity contribution in [3.8, 4) is 11.1 Å². The van der Waals surface area contributed by atoms with Gasteiger partial charge in [0.2, 0.25) is 0 Å². The summed E-state index contributed by atoms with van der Waals surface area (Å²) < 4.78 is 14.4. The quantitative estimate of drug-likeness (QED) is 0.515. The van der Waals surface area contributed by atoms with Crippen LogP contribution in [0.3, 0.4) is 0 Å². The Hall–Kier alpha value is -3.45. The Balaban J connectivity index is 1.90. The number of aromatic amines is 1. The first-order valence-corrected chi connectivity index (χ1v) is 9.17. The van der Waals surface area contributed by atoms with E-state index in [-0.39, 0.29) is 11.1 Å². The molecule has 29 heavy (non-hydrogen) atoms. The van der Waals surface area contributed by atoms with Gasteiger partial charge in [-0.15, -0.1) is 0 Å². The van der Waals surface area contributed by atoms with Crippen molar-refractivity contribution >= 4 is 39.7 Å². The third-order valence-electron chi connectivity index (χ3n) is 4.50. The van der Waals surface area contributed by atoms with E-state index < -0.39 is 11.4 Å². The van der Waals surface area contributed by atoms with Gasteiger partial charge >= 0.3 is 0 Å². The third-order valence-corrected chi connectivity index (χ3v) is 4.73. The Kier molecular flexibility index (Phi) is 4.90. The fraction of sp³-hybridized carbons (Fsp3) is 0.0952. The van der Waals surface area contributed by atoms with E-state index in [1.165, 1.54) is 18.2 Å². The number of fused-ring (bicyclic) bond motifs is 1. The molecule has 8 heteroatoms. The fourth-order valence-corrected chi connectivity index (χ4v) is 3.29. The maximum Gasteiger partial charge on any atom is 0.257 e. The zero-order valence-corrected chi connectivity index (χ0v) is 16.5. The lowest BCUT2D eigenvalue weighted by Crippen LogP contribution is -2.20. The van der Waals surface area contributed by atoms with Gasteiger partial charge in [0.15, 0.2) is 0 Å². The number of benzene rings is 1. The smallest absolute Gasteiger partial charge is 0.257 e. The van der Waals surface area contributed by atoms with Crippen molar-refractivity contribution in [1.82, 2.24) is 15.0 Å². The standard InChI is InChI=1S/C21H17ClFN5O/c1-28(2)20-19(26-18-6-8-25-17-5-7-24-11-15(17)18)10-14(21(29)27-20)13-9-12(22)3-4-16(13)23/h3-11H,1-2H3,(H,25,26)(H,27,29). The predicted octanol–water partition coefficient (Wildman–Crippen LogP) is 4.59. The molecule has 146 valence electrons. The predicted molar refractivity (Wildman–Crippen MR) is 115 cm³/mol. The average molecular weight is 410 g/mol. The van der Waals surface area contributed by atoms with Crippen LogP contribution in [0.15, 0.2) is 59.8 Å². The molecule has 0 unspecified atom stereocenters. The topological polar surface area (TPSA) is 73.9 Å². The minimum atomic E-state index is -0.526. The van der Waals surface area contributed by atoms with Gasteiger partial charge in [-0.3, -0.25) is 14.8 Å². The van der Waals surface area contributed by atoms with E-state index in [9.17, 15) is 9.18 Å². The molecule has 4 rings (SSSR count). The summed E-state index contributed by atoms with van der Waals surface area (Å²) in [5.41, 5.74) is 2.03. The first-order chi connectivity index (χ1) is 13.9. The number of nitrogens with one attached hydrogen (secondary N) is 2. The van der Waals surface area contributed by atoms with E-state index in [1.807, 2.05) is 26.2 Å². The Morgan fingerprint density at radius 2 is 1.90 bits per heavy atom. The molecule has 0 bridgehead atoms. The van der Waals surface area contributed by atoms with Crippen LogP contribution in [0.5, 0.6) is 0 Å². The van der Waals surface area contributed by atoms with Crippen LogP contribution in [0, 0.1) is 5.82 Å². The van der Waals surface area contributed by atoms with E-state index in [4.69, 9.17) is 11.6 Å². The average Bonchev–Trinajstić information content (AvgIpc) is 2.71. The molecule has 0 atom stereocenters. The van der Waals surface area contributed by atoms with E-state index in [1.54, 1.807) is 29.6 Å². The number of H-pyrrole nitrogens is 1. The summed E-state index contributed by atoms with van der Waals surface area (Å²) >= 11 is 6.02. The van der Waals surface area contributed by atoms with Crippen molar-refractivity contribution in [3.63, 3.8) is 0 Å². The molecular formula is C21H17ClFN5O. The lowest BCUT2D eigenvalue weighted by atomic mass is 10.1. The van der Waals surface area contributed by atoms with Crippen molar-refractivity contribution in [2.75, 3.05) is 24.3 Å². The molecule has 2 N–H and O–H groups in total. The van der Waals surface area contributed by atoms with Gasteiger partial charge in [-0.1, -0.05) is 11.6 Å². The van der Waals surface area contributed by atoms with Crippen molar-refractivity contribution in [2.24, 2.45) is 0 Å². The normalized spacial score (nSPS) is 10.9. The molecule has 0 saturated carbocycles. The molecule has 0 aliphatic heterocycles. The lowest BCUT2D eigenvalue weighted by Gasteiger charge is -2.20. The van der Waals surface area contributed by atoms with Crippen LogP contribution >= 0.6 is 11.6 Å². The maximum atomic E-state index is 14.4. The summed E-state index contributed by atoms with van der Waals surface area (Å²) in [4.78, 5) is 25.8. The number of halogens is 2. The van der Waals surface area contributed by atoms with Gasteiger partial charge in [0.05, 0.1) is 22.5 Å². The van der Waals surface area contributed by atoms with Crippen molar-refractivity contribution in [1.29, 1.82) is 0 Å². The number of pyridine rings is 3. The van der Waals surface area contributed by atoms with Gasteiger partial charge in [-0.25, -0.2) is 4.39 Å². The van der Waals surface area contributed by atoms with Crippen molar-refractivity contribution in [2.45, 2.75) is 0 Å². The molecule has 4 aromatic rings. The largest absolute Gasteiger partial charge is 0.362 e. The van der Waals surface area contributed by atoms with Crippen LogP contribution in [-0.2, 0) is 0 Å². The monoisotopic (exact) mass is 409 g/mol. The summed E-state index contributed by atoms with van der Waals surface area (Å²) in [6.07, 6.45) is 5.07. The van der Waals surface area contributed by atoms with E-state index >= 15 is 0 Å². The summed E-state index contributed by atoms with van der Waals surface area (Å²) in [6, 6.07) is 9.36. The van der Waals surface area contributed by atoms with E-state index in [0.717, 1.165) is 16.6 Å². The highest BCUT2D eigenvalue weighted by Crippen LogP contribution is 2.32. The number of anilines is 3. The minimum absolute atomic E-state index is 0.133. The zero-order chi connectivity index (χ0) is 20.5. The number of nitrogens with zero attached hydrogens (tertiary/aromatic N) is 3. The highest BCUT2D eigenvalue weighted by Gasteiger charge is 2.16. The van der Waals surface area contributed by atoms with Gasteiger partial charge in [-0.2, -0.15) is 0 Å². The first kappa shape index (κ1) is 18.9. The molecule has 0 aliphatic carbocycles. The molecule has 3 heterocycles. The third kappa shape index (κ3) is 3.64. The van der Waals surface area contributed by atoms with Crippen LogP contribution in [0.25, 0.3) is 22.0 Å². The van der Waals surface area contributed by atoms with Crippen LogP contribution in [0.1, 0.15) is 0 Å². The van der Waals surface area contributed by atoms with Gasteiger partial charge in [0, 0.05) is 48.7 Å². The maximum absolute atomic E-state index is 14.4. The Labute approximate surface area is 171 Å². The summed E-state index contributed by atoms with van der Waals surface area (Å²) in [6.45, 7) is 0. The van der Waals surface area contributed by atoms with Crippen LogP contribution in [-0.4, -0.2) is 29.0 Å². The van der Waals surface area contributed by atoms with Gasteiger partial charge < -0.3 is 15.2 Å². The second-order valence-corrected chi connectivity index (χ2v) is 7.11. The van der Waals surface area contributed by atoms with Gasteiger partial charge in [-0.05, 0) is 36.4 Å². The Morgan fingerprint density at radius 1 is 1.07 bits per heavy atom. The molecule has 0 spiro atoms. The number of hydrogen-bond donors (Lipinski definition) is 2. The molecule has 0 saturated heterocycles. The second kappa shape index (κ2) is 7.52. The lowest BCUT2D eigenvalue weighted by molar-refractivity contribution is 0.631. The molecule has 1 aromatic carbocycles. The molecule has 6 nitrogen and oxygen atoms in total. The highest BCUT2D eigenvalue weighted by molar-refractivity contribution is 6.30. The SMILES string of the molecule is CN(C)c1[nH]c(=O)c(-c2cc(Cl)ccc2F)cc1Nc1ccnc2ccncc12. The molecule has 0 aliphatic rings. The highest BCUT2D eigenvalue weighted by atomic mass is 35.5.